The zero-order valence-electron chi connectivity index (χ0n) is 14.2. The molecule has 6 heteroatoms. The Labute approximate surface area is 145 Å². The third kappa shape index (κ3) is 3.42. The second kappa shape index (κ2) is 7.25. The molecule has 3 aromatic rings. The highest BCUT2D eigenvalue weighted by Gasteiger charge is 2.17. The molecule has 5 nitrogen and oxygen atoms in total. The number of hydrogen-bond donors (Lipinski definition) is 1. The number of halogens is 1. The number of aromatic nitrogens is 3. The predicted molar refractivity (Wildman–Crippen MR) is 96.9 cm³/mol. The molecule has 1 aromatic carbocycles. The second-order valence-corrected chi connectivity index (χ2v) is 5.69. The molecule has 2 aromatic heterocycles. The highest BCUT2D eigenvalue weighted by molar-refractivity contribution is 5.80. The van der Waals surface area contributed by atoms with Gasteiger partial charge in [0.1, 0.15) is 5.82 Å². The average molecular weight is 338 g/mol. The van der Waals surface area contributed by atoms with Crippen molar-refractivity contribution in [2.45, 2.75) is 13.3 Å². The number of anilines is 1. The first-order valence-electron chi connectivity index (χ1n) is 8.13. The molecule has 1 N–H and O–H groups in total. The van der Waals surface area contributed by atoms with Crippen molar-refractivity contribution in [3.8, 4) is 22.4 Å². The van der Waals surface area contributed by atoms with E-state index in [1.54, 1.807) is 43.7 Å². The number of hydrogen-bond acceptors (Lipinski definition) is 4. The minimum Gasteiger partial charge on any atom is -0.356 e. The fourth-order valence-electron chi connectivity index (χ4n) is 2.59. The van der Waals surface area contributed by atoms with E-state index in [0.29, 0.717) is 29.3 Å². The zero-order chi connectivity index (χ0) is 17.8. The molecule has 0 fully saturated rings. The van der Waals surface area contributed by atoms with Gasteiger partial charge in [0.2, 0.25) is 5.95 Å². The van der Waals surface area contributed by atoms with Crippen LogP contribution in [0, 0.1) is 5.82 Å². The zero-order valence-corrected chi connectivity index (χ0v) is 14.2. The van der Waals surface area contributed by atoms with Gasteiger partial charge in [0.25, 0.3) is 5.56 Å². The van der Waals surface area contributed by atoms with Crippen LogP contribution in [-0.4, -0.2) is 21.1 Å². The molecule has 0 saturated heterocycles. The number of nitrogens with zero attached hydrogens (tertiary/aromatic N) is 3. The van der Waals surface area contributed by atoms with Crippen molar-refractivity contribution in [3.63, 3.8) is 0 Å². The van der Waals surface area contributed by atoms with Crippen molar-refractivity contribution >= 4 is 5.95 Å². The summed E-state index contributed by atoms with van der Waals surface area (Å²) < 4.78 is 14.8. The Morgan fingerprint density at radius 1 is 1.08 bits per heavy atom. The number of nitrogens with one attached hydrogen (secondary N) is 1. The summed E-state index contributed by atoms with van der Waals surface area (Å²) in [6.07, 6.45) is 4.23. The van der Waals surface area contributed by atoms with Crippen LogP contribution < -0.4 is 10.9 Å². The van der Waals surface area contributed by atoms with Gasteiger partial charge in [0.05, 0.1) is 11.3 Å². The van der Waals surface area contributed by atoms with Crippen LogP contribution in [0.2, 0.25) is 0 Å². The van der Waals surface area contributed by atoms with Gasteiger partial charge in [-0.05, 0) is 36.2 Å². The molecule has 0 radical (unpaired) electrons. The van der Waals surface area contributed by atoms with E-state index in [2.05, 4.69) is 15.3 Å². The largest absolute Gasteiger partial charge is 0.356 e. The summed E-state index contributed by atoms with van der Waals surface area (Å²) >= 11 is 0. The first kappa shape index (κ1) is 16.8. The summed E-state index contributed by atoms with van der Waals surface area (Å²) in [4.78, 5) is 21.7. The van der Waals surface area contributed by atoms with Crippen molar-refractivity contribution in [2.24, 2.45) is 7.05 Å². The number of pyridine rings is 1. The molecular weight excluding hydrogens is 319 g/mol. The first-order valence-corrected chi connectivity index (χ1v) is 8.13. The Morgan fingerprint density at radius 3 is 2.40 bits per heavy atom. The maximum Gasteiger partial charge on any atom is 0.263 e. The van der Waals surface area contributed by atoms with Crippen molar-refractivity contribution in [3.05, 3.63) is 65.0 Å². The average Bonchev–Trinajstić information content (AvgIpc) is 2.64. The number of rotatable bonds is 5. The van der Waals surface area contributed by atoms with E-state index in [9.17, 15) is 9.18 Å². The Bertz CT molecular complexity index is 921. The molecule has 0 spiro atoms. The maximum atomic E-state index is 13.3. The molecule has 0 aliphatic carbocycles. The molecule has 2 heterocycles. The lowest BCUT2D eigenvalue weighted by Crippen LogP contribution is -2.25. The van der Waals surface area contributed by atoms with Gasteiger partial charge in [0.15, 0.2) is 0 Å². The lowest BCUT2D eigenvalue weighted by molar-refractivity contribution is 0.628. The Hall–Kier alpha value is -3.02. The van der Waals surface area contributed by atoms with Gasteiger partial charge in [-0.25, -0.2) is 9.37 Å². The molecule has 0 aliphatic heterocycles. The summed E-state index contributed by atoms with van der Waals surface area (Å²) in [7, 11) is 1.68. The minimum atomic E-state index is -0.347. The second-order valence-electron chi connectivity index (χ2n) is 5.69. The Balaban J connectivity index is 2.26. The lowest BCUT2D eigenvalue weighted by Gasteiger charge is -2.15. The summed E-state index contributed by atoms with van der Waals surface area (Å²) in [5, 5.41) is 3.18. The van der Waals surface area contributed by atoms with Crippen LogP contribution in [0.25, 0.3) is 22.4 Å². The standard InChI is InChI=1S/C19H19FN4O/c1-3-10-22-19-23-17(14-8-11-21-12-9-14)16(18(25)24(19)2)13-4-6-15(20)7-5-13/h4-9,11-12H,3,10H2,1-2H3,(H,22,23). The van der Waals surface area contributed by atoms with E-state index in [4.69, 9.17) is 0 Å². The van der Waals surface area contributed by atoms with Crippen LogP contribution >= 0.6 is 0 Å². The van der Waals surface area contributed by atoms with Crippen molar-refractivity contribution < 1.29 is 4.39 Å². The van der Waals surface area contributed by atoms with Crippen LogP contribution in [0.4, 0.5) is 10.3 Å². The molecule has 0 unspecified atom stereocenters. The fourth-order valence-corrected chi connectivity index (χ4v) is 2.59. The summed E-state index contributed by atoms with van der Waals surface area (Å²) in [5.74, 6) is 0.157. The van der Waals surface area contributed by atoms with E-state index in [0.717, 1.165) is 12.0 Å². The van der Waals surface area contributed by atoms with Gasteiger partial charge < -0.3 is 5.32 Å². The summed E-state index contributed by atoms with van der Waals surface area (Å²) in [6.45, 7) is 2.76. The molecule has 0 saturated carbocycles. The van der Waals surface area contributed by atoms with Crippen molar-refractivity contribution in [2.75, 3.05) is 11.9 Å². The Kier molecular flexibility index (Phi) is 4.88. The molecular formula is C19H19FN4O. The van der Waals surface area contributed by atoms with Crippen LogP contribution in [0.1, 0.15) is 13.3 Å². The third-order valence-electron chi connectivity index (χ3n) is 3.91. The highest BCUT2D eigenvalue weighted by Crippen LogP contribution is 2.28. The van der Waals surface area contributed by atoms with Gasteiger partial charge in [-0.3, -0.25) is 14.3 Å². The smallest absolute Gasteiger partial charge is 0.263 e. The van der Waals surface area contributed by atoms with Crippen LogP contribution in [0.15, 0.2) is 53.6 Å². The fraction of sp³-hybridized carbons (Fsp3) is 0.211. The van der Waals surface area contributed by atoms with Gasteiger partial charge in [-0.2, -0.15) is 0 Å². The number of benzene rings is 1. The summed E-state index contributed by atoms with van der Waals surface area (Å²) in [6, 6.07) is 9.48. The van der Waals surface area contributed by atoms with Crippen molar-refractivity contribution in [1.29, 1.82) is 0 Å². The molecule has 3 rings (SSSR count). The van der Waals surface area contributed by atoms with Crippen molar-refractivity contribution in [1.82, 2.24) is 14.5 Å². The molecule has 0 aliphatic rings. The van der Waals surface area contributed by atoms with Gasteiger partial charge >= 0.3 is 0 Å². The quantitative estimate of drug-likeness (QED) is 0.774. The van der Waals surface area contributed by atoms with Crippen LogP contribution in [0.3, 0.4) is 0 Å². The van der Waals surface area contributed by atoms with Crippen LogP contribution in [-0.2, 0) is 7.05 Å². The van der Waals surface area contributed by atoms with E-state index in [1.165, 1.54) is 16.7 Å². The molecule has 0 amide bonds. The normalized spacial score (nSPS) is 10.7. The molecule has 25 heavy (non-hydrogen) atoms. The van der Waals surface area contributed by atoms with Gasteiger partial charge in [0, 0.05) is 31.5 Å². The maximum absolute atomic E-state index is 13.3. The SMILES string of the molecule is CCCNc1nc(-c2ccncc2)c(-c2ccc(F)cc2)c(=O)n1C. The van der Waals surface area contributed by atoms with E-state index in [-0.39, 0.29) is 11.4 Å². The molecule has 0 bridgehead atoms. The monoisotopic (exact) mass is 338 g/mol. The third-order valence-corrected chi connectivity index (χ3v) is 3.91. The topological polar surface area (TPSA) is 59.8 Å². The van der Waals surface area contributed by atoms with Gasteiger partial charge in [-0.15, -0.1) is 0 Å². The molecule has 0 atom stereocenters. The van der Waals surface area contributed by atoms with E-state index < -0.39 is 0 Å². The summed E-state index contributed by atoms with van der Waals surface area (Å²) in [5.41, 5.74) is 2.22. The predicted octanol–water partition coefficient (Wildman–Crippen LogP) is 3.47. The molecule has 128 valence electrons. The lowest BCUT2D eigenvalue weighted by atomic mass is 10.0. The van der Waals surface area contributed by atoms with E-state index in [1.807, 2.05) is 6.92 Å². The minimum absolute atomic E-state index is 0.188. The van der Waals surface area contributed by atoms with Gasteiger partial charge in [-0.1, -0.05) is 19.1 Å². The van der Waals surface area contributed by atoms with E-state index >= 15 is 0 Å². The highest BCUT2D eigenvalue weighted by atomic mass is 19.1. The Morgan fingerprint density at radius 2 is 1.76 bits per heavy atom. The first-order chi connectivity index (χ1) is 12.1. The van der Waals surface area contributed by atoms with Crippen LogP contribution in [0.5, 0.6) is 0 Å².